The van der Waals surface area contributed by atoms with E-state index in [1.54, 1.807) is 18.2 Å². The fourth-order valence-corrected chi connectivity index (χ4v) is 20.3. The van der Waals surface area contributed by atoms with Crippen molar-refractivity contribution in [2.45, 2.75) is 130 Å². The molecule has 9 N–H and O–H groups in total. The molecule has 5 aliphatic rings. The van der Waals surface area contributed by atoms with Crippen LogP contribution in [0.4, 0.5) is 15.8 Å². The summed E-state index contributed by atoms with van der Waals surface area (Å²) in [5.74, 6) is 0.166. The number of phenols is 2. The predicted octanol–water partition coefficient (Wildman–Crippen LogP) is 23.8. The van der Waals surface area contributed by atoms with Crippen molar-refractivity contribution in [3.63, 3.8) is 0 Å². The molecular formula is C107H90FN15O5. The Morgan fingerprint density at radius 2 is 0.828 bits per heavy atom. The van der Waals surface area contributed by atoms with Gasteiger partial charge in [-0.15, -0.1) is 0 Å². The van der Waals surface area contributed by atoms with Gasteiger partial charge in [0.1, 0.15) is 11.5 Å². The first-order valence-electron chi connectivity index (χ1n) is 44.2. The van der Waals surface area contributed by atoms with Crippen LogP contribution in [0.25, 0.3) is 165 Å². The zero-order valence-electron chi connectivity index (χ0n) is 71.1. The molecule has 0 radical (unpaired) electrons. The lowest BCUT2D eigenvalue weighted by Crippen LogP contribution is -2.08. The summed E-state index contributed by atoms with van der Waals surface area (Å²) in [6.45, 7) is 5.78. The van der Waals surface area contributed by atoms with Gasteiger partial charge in [0, 0.05) is 149 Å². The largest absolute Gasteiger partial charge is 0.508 e. The highest BCUT2D eigenvalue weighted by atomic mass is 19.1. The third kappa shape index (κ3) is 14.8. The number of H-pyrrole nitrogens is 5. The first-order chi connectivity index (χ1) is 62.7. The van der Waals surface area contributed by atoms with E-state index in [0.717, 1.165) is 204 Å². The monoisotopic (exact) mass is 1680 g/mol. The second-order valence-corrected chi connectivity index (χ2v) is 34.0. The van der Waals surface area contributed by atoms with E-state index < -0.39 is 5.82 Å². The number of aryl methyl sites for hydroxylation is 5. The van der Waals surface area contributed by atoms with Crippen molar-refractivity contribution in [3.8, 4) is 79.6 Å². The van der Waals surface area contributed by atoms with E-state index in [0.29, 0.717) is 17.7 Å². The van der Waals surface area contributed by atoms with E-state index >= 15 is 0 Å². The Balaban J connectivity index is 0.0000000973. The van der Waals surface area contributed by atoms with Crippen molar-refractivity contribution < 1.29 is 28.9 Å². The van der Waals surface area contributed by atoms with Crippen LogP contribution in [0.1, 0.15) is 127 Å². The van der Waals surface area contributed by atoms with Crippen LogP contribution in [0.2, 0.25) is 0 Å². The van der Waals surface area contributed by atoms with Crippen molar-refractivity contribution in [3.05, 3.63) is 286 Å². The number of aromatic hydroxyl groups is 2. The third-order valence-corrected chi connectivity index (χ3v) is 26.1. The molecule has 0 saturated carbocycles. The van der Waals surface area contributed by atoms with Gasteiger partial charge in [-0.25, -0.2) is 14.4 Å². The van der Waals surface area contributed by atoms with Crippen LogP contribution < -0.4 is 15.4 Å². The number of aromatic nitrogens is 12. The molecule has 1 aliphatic heterocycles. The molecule has 0 fully saturated rings. The van der Waals surface area contributed by atoms with Crippen molar-refractivity contribution in [2.24, 2.45) is 0 Å². The zero-order valence-corrected chi connectivity index (χ0v) is 71.1. The highest BCUT2D eigenvalue weighted by Gasteiger charge is 2.29. The SMILES string of the molecule is CC(=O)Nc1ccc(-c2[nH]c3ccc4nccc4c3c3c2CCCC3)cc1.CC(=O)Nc1ccc(-c2nc3ccc4[nH]ncc4c3c3c2CCCC3)cc1.Cc1[nH]nc2ccc3nc(-c4ccc(O)c(F)c4)c4c(c3c12)CCCC4.N#Cc1ccc(-c2[nH]c3ccc4nccc4c3c3c2CCCC3)cc1.Oc1ccc(-c2[nH]c3ccc4nccc4c3c3c2CCO3)cc1. The van der Waals surface area contributed by atoms with Crippen molar-refractivity contribution >= 4 is 132 Å². The van der Waals surface area contributed by atoms with E-state index in [4.69, 9.17) is 20.0 Å². The number of rotatable bonds is 7. The second-order valence-electron chi connectivity index (χ2n) is 34.0. The summed E-state index contributed by atoms with van der Waals surface area (Å²) < 4.78 is 19.9. The molecule has 630 valence electrons. The number of phenolic OH excluding ortho intramolecular Hbond substituents is 2. The predicted molar refractivity (Wildman–Crippen MR) is 508 cm³/mol. The lowest BCUT2D eigenvalue weighted by atomic mass is 9.85. The molecule has 25 rings (SSSR count). The number of carbonyl (C=O) groups is 2. The Morgan fingerprint density at radius 1 is 0.406 bits per heavy atom. The highest BCUT2D eigenvalue weighted by molar-refractivity contribution is 6.13. The number of ether oxygens (including phenoxy) is 1. The molecular weight excluding hydrogens is 1590 g/mol. The van der Waals surface area contributed by atoms with Crippen molar-refractivity contribution in [2.75, 3.05) is 17.2 Å². The van der Waals surface area contributed by atoms with E-state index in [9.17, 15) is 24.2 Å². The lowest BCUT2D eigenvalue weighted by Gasteiger charge is -2.23. The molecule has 0 atom stereocenters. The Labute approximate surface area is 735 Å². The molecule has 0 spiro atoms. The van der Waals surface area contributed by atoms with Gasteiger partial charge in [-0.2, -0.15) is 15.5 Å². The van der Waals surface area contributed by atoms with Crippen molar-refractivity contribution in [1.82, 2.24) is 60.3 Å². The van der Waals surface area contributed by atoms with Gasteiger partial charge in [-0.1, -0.05) is 36.4 Å². The molecule has 10 aromatic carbocycles. The van der Waals surface area contributed by atoms with Crippen LogP contribution in [0.15, 0.2) is 219 Å². The summed E-state index contributed by atoms with van der Waals surface area (Å²) in [5.41, 5.74) is 36.6. The number of halogens is 1. The lowest BCUT2D eigenvalue weighted by molar-refractivity contribution is -0.115. The van der Waals surface area contributed by atoms with E-state index in [1.165, 1.54) is 164 Å². The molecule has 21 heteroatoms. The average Bonchev–Trinajstić information content (AvgIpc) is 1.60. The number of carbonyl (C=O) groups excluding carboxylic acids is 2. The van der Waals surface area contributed by atoms with Gasteiger partial charge in [0.05, 0.1) is 85.7 Å². The average molecular weight is 1680 g/mol. The minimum atomic E-state index is -0.616. The van der Waals surface area contributed by atoms with Gasteiger partial charge in [0.2, 0.25) is 11.8 Å². The molecule has 128 heavy (non-hydrogen) atoms. The molecule has 0 unspecified atom stereocenters. The number of anilines is 2. The number of amides is 2. The van der Waals surface area contributed by atoms with Crippen LogP contribution in [0.5, 0.6) is 17.2 Å². The topological polar surface area (TPSA) is 301 Å². The number of nitriles is 1. The Hall–Kier alpha value is -15.4. The van der Waals surface area contributed by atoms with E-state index in [1.807, 2.05) is 129 Å². The summed E-state index contributed by atoms with van der Waals surface area (Å²) in [5, 5.41) is 60.6. The van der Waals surface area contributed by atoms with Crippen LogP contribution in [-0.2, 0) is 67.4 Å². The van der Waals surface area contributed by atoms with Gasteiger partial charge >= 0.3 is 0 Å². The molecule has 0 bridgehead atoms. The Bertz CT molecular complexity index is 7680. The molecule has 11 heterocycles. The summed E-state index contributed by atoms with van der Waals surface area (Å²) >= 11 is 0. The van der Waals surface area contributed by atoms with Crippen LogP contribution >= 0.6 is 0 Å². The molecule has 10 aromatic heterocycles. The number of benzene rings is 10. The quantitative estimate of drug-likeness (QED) is 0.0718. The normalized spacial score (nSPS) is 13.7. The number of aromatic amines is 5. The minimum absolute atomic E-state index is 0.0512. The van der Waals surface area contributed by atoms with Gasteiger partial charge in [0.25, 0.3) is 0 Å². The fraction of sp³-hybridized carbons (Fsp3) is 0.196. The Kier molecular flexibility index (Phi) is 20.9. The molecule has 2 amide bonds. The standard InChI is InChI=1S/C23H21N3O.C22H20N4O.C22H17N3.C21H18FN3O.C19H14N2O2/c1-14(27)25-16-8-6-15(7-9-16)23-18-5-3-2-4-17(18)22-19-12-13-24-20(19)10-11-21(22)26-23;1-13(27)24-15-8-6-14(7-9-15)22-17-5-3-2-4-16(17)21-18-12-23-26-19(18)10-11-20(21)25-22;23-13-14-5-7-15(8-6-14)22-17-4-2-1-3-16(17)21-18-11-12-24-19(18)9-10-20(21)25-22;1-11-19-17(25-24-11)8-7-16-20(19)13-4-2-3-5-14(13)21(23-16)12-6-9-18(26)15(22)10-12;22-12-3-1-11(2-4-12)18-14-8-10-23-19(14)17-13-7-9-20-15(13)5-6-16(17)21-18/h6-13,26H,2-5H2,1H3,(H,25,27);6-12H,2-5H2,1H3,(H,23,26)(H,24,27);5-12,25H,1-4H2;6-10,26H,2-5H2,1H3,(H,24,25);1-7,9,21-22H,8,10H2. The second kappa shape index (κ2) is 33.6. The number of nitrogens with one attached hydrogen (secondary N) is 7. The van der Waals surface area contributed by atoms with Gasteiger partial charge < -0.3 is 40.5 Å². The molecule has 20 nitrogen and oxygen atoms in total. The van der Waals surface area contributed by atoms with Gasteiger partial charge in [-0.05, 0) is 329 Å². The van der Waals surface area contributed by atoms with Crippen molar-refractivity contribution in [1.29, 1.82) is 5.26 Å². The van der Waals surface area contributed by atoms with Gasteiger partial charge in [-0.3, -0.25) is 34.7 Å². The van der Waals surface area contributed by atoms with E-state index in [2.05, 4.69) is 134 Å². The summed E-state index contributed by atoms with van der Waals surface area (Å²) in [6, 6.07) is 64.9. The maximum atomic E-state index is 13.9. The number of pyridine rings is 5. The minimum Gasteiger partial charge on any atom is -0.508 e. The summed E-state index contributed by atoms with van der Waals surface area (Å²) in [6.07, 6.45) is 26.5. The molecule has 4 aliphatic carbocycles. The number of nitrogens with zero attached hydrogens (tertiary/aromatic N) is 8. The zero-order chi connectivity index (χ0) is 86.8. The fourth-order valence-electron chi connectivity index (χ4n) is 20.3. The van der Waals surface area contributed by atoms with Gasteiger partial charge in [0.15, 0.2) is 11.6 Å². The summed E-state index contributed by atoms with van der Waals surface area (Å²) in [7, 11) is 0. The third-order valence-electron chi connectivity index (χ3n) is 26.1. The maximum Gasteiger partial charge on any atom is 0.221 e. The van der Waals surface area contributed by atoms with Crippen LogP contribution in [0.3, 0.4) is 0 Å². The maximum absolute atomic E-state index is 13.9. The first-order valence-corrected chi connectivity index (χ1v) is 44.2. The van der Waals surface area contributed by atoms with Crippen LogP contribution in [-0.4, -0.2) is 88.9 Å². The first kappa shape index (κ1) is 79.7. The van der Waals surface area contributed by atoms with Crippen LogP contribution in [0, 0.1) is 24.1 Å². The number of hydrogen-bond acceptors (Lipinski definition) is 13. The molecule has 0 saturated heterocycles. The Morgan fingerprint density at radius 3 is 1.36 bits per heavy atom. The highest BCUT2D eigenvalue weighted by Crippen LogP contribution is 2.47. The molecule has 20 aromatic rings. The number of fused-ring (bicyclic) bond motifs is 25. The number of hydrogen-bond donors (Lipinski definition) is 9. The van der Waals surface area contributed by atoms with E-state index in [-0.39, 0.29) is 23.3 Å². The summed E-state index contributed by atoms with van der Waals surface area (Å²) in [4.78, 5) is 56.8. The smallest absolute Gasteiger partial charge is 0.221 e.